The quantitative estimate of drug-likeness (QED) is 0.835. The molecule has 0 aliphatic heterocycles. The van der Waals surface area contributed by atoms with Gasteiger partial charge in [-0.3, -0.25) is 4.79 Å². The molecule has 2 aromatic rings. The van der Waals surface area contributed by atoms with Crippen molar-refractivity contribution in [1.82, 2.24) is 9.97 Å². The van der Waals surface area contributed by atoms with Crippen LogP contribution in [0.2, 0.25) is 0 Å². The lowest BCUT2D eigenvalue weighted by Gasteiger charge is -2.07. The average Bonchev–Trinajstić information content (AvgIpc) is 2.32. The van der Waals surface area contributed by atoms with Gasteiger partial charge in [0.1, 0.15) is 4.60 Å². The number of nitrogens with two attached hydrogens (primary N) is 1. The van der Waals surface area contributed by atoms with E-state index in [2.05, 4.69) is 31.2 Å². The summed E-state index contributed by atoms with van der Waals surface area (Å²) < 4.78 is 0.607. The fourth-order valence-corrected chi connectivity index (χ4v) is 1.65. The van der Waals surface area contributed by atoms with Crippen molar-refractivity contribution in [3.05, 3.63) is 46.3 Å². The predicted octanol–water partition coefficient (Wildman–Crippen LogP) is 2.38. The molecule has 6 heteroatoms. The number of benzene rings is 1. The van der Waals surface area contributed by atoms with Gasteiger partial charge < -0.3 is 11.1 Å². The van der Waals surface area contributed by atoms with Crippen LogP contribution in [0.4, 0.5) is 11.5 Å². The SMILES string of the molecule is Cc1ccc(C(=O)Nc2cnc(Br)cn2)c(N)c1. The molecule has 1 aromatic heterocycles. The third kappa shape index (κ3) is 2.84. The number of amides is 1. The third-order valence-electron chi connectivity index (χ3n) is 2.31. The first-order chi connectivity index (χ1) is 8.56. The molecule has 1 amide bonds. The number of nitrogen functional groups attached to an aromatic ring is 1. The van der Waals surface area contributed by atoms with Crippen molar-refractivity contribution in [2.75, 3.05) is 11.1 Å². The highest BCUT2D eigenvalue weighted by molar-refractivity contribution is 9.10. The second-order valence-electron chi connectivity index (χ2n) is 3.77. The highest BCUT2D eigenvalue weighted by Crippen LogP contribution is 2.15. The Morgan fingerprint density at radius 2 is 2.11 bits per heavy atom. The Labute approximate surface area is 113 Å². The summed E-state index contributed by atoms with van der Waals surface area (Å²) in [6.45, 7) is 1.91. The molecule has 5 nitrogen and oxygen atoms in total. The van der Waals surface area contributed by atoms with Gasteiger partial charge in [-0.15, -0.1) is 0 Å². The number of carbonyl (C=O) groups excluding carboxylic acids is 1. The highest BCUT2D eigenvalue weighted by Gasteiger charge is 2.10. The average molecular weight is 307 g/mol. The zero-order valence-corrected chi connectivity index (χ0v) is 11.2. The van der Waals surface area contributed by atoms with Gasteiger partial charge in [0.2, 0.25) is 0 Å². The fourth-order valence-electron chi connectivity index (χ4n) is 1.45. The molecule has 1 aromatic carbocycles. The van der Waals surface area contributed by atoms with Gasteiger partial charge in [0, 0.05) is 5.69 Å². The largest absolute Gasteiger partial charge is 0.398 e. The van der Waals surface area contributed by atoms with Gasteiger partial charge >= 0.3 is 0 Å². The number of halogens is 1. The lowest BCUT2D eigenvalue weighted by molar-refractivity contribution is 0.102. The van der Waals surface area contributed by atoms with Crippen molar-refractivity contribution in [3.8, 4) is 0 Å². The number of hydrogen-bond acceptors (Lipinski definition) is 4. The molecule has 0 aliphatic carbocycles. The van der Waals surface area contributed by atoms with E-state index >= 15 is 0 Å². The number of carbonyl (C=O) groups is 1. The summed E-state index contributed by atoms with van der Waals surface area (Å²) in [6, 6.07) is 5.27. The van der Waals surface area contributed by atoms with Crippen molar-refractivity contribution < 1.29 is 4.79 Å². The number of aromatic nitrogens is 2. The second kappa shape index (κ2) is 5.14. The second-order valence-corrected chi connectivity index (χ2v) is 4.58. The molecule has 0 bridgehead atoms. The molecular weight excluding hydrogens is 296 g/mol. The van der Waals surface area contributed by atoms with Crippen molar-refractivity contribution >= 4 is 33.3 Å². The van der Waals surface area contributed by atoms with Crippen molar-refractivity contribution in [2.24, 2.45) is 0 Å². The van der Waals surface area contributed by atoms with Crippen molar-refractivity contribution in [3.63, 3.8) is 0 Å². The summed E-state index contributed by atoms with van der Waals surface area (Å²) in [7, 11) is 0. The van der Waals surface area contributed by atoms with E-state index < -0.39 is 0 Å². The van der Waals surface area contributed by atoms with Gasteiger partial charge in [0.25, 0.3) is 5.91 Å². The molecule has 92 valence electrons. The standard InChI is InChI=1S/C12H11BrN4O/c1-7-2-3-8(9(14)4-7)12(18)17-11-6-15-10(13)5-16-11/h2-6H,14H2,1H3,(H,16,17,18). The molecule has 3 N–H and O–H groups in total. The Morgan fingerprint density at radius 1 is 1.33 bits per heavy atom. The zero-order valence-electron chi connectivity index (χ0n) is 9.64. The minimum absolute atomic E-state index is 0.302. The first kappa shape index (κ1) is 12.5. The van der Waals surface area contributed by atoms with E-state index in [9.17, 15) is 4.79 Å². The molecule has 2 rings (SSSR count). The lowest BCUT2D eigenvalue weighted by Crippen LogP contribution is -2.15. The van der Waals surface area contributed by atoms with Crippen LogP contribution in [0, 0.1) is 6.92 Å². The van der Waals surface area contributed by atoms with Crippen LogP contribution in [0.5, 0.6) is 0 Å². The lowest BCUT2D eigenvalue weighted by atomic mass is 10.1. The number of anilines is 2. The van der Waals surface area contributed by atoms with E-state index in [1.807, 2.05) is 13.0 Å². The smallest absolute Gasteiger partial charge is 0.258 e. The Bertz CT molecular complexity index is 583. The molecular formula is C12H11BrN4O. The molecule has 0 saturated carbocycles. The van der Waals surface area contributed by atoms with E-state index in [-0.39, 0.29) is 5.91 Å². The van der Waals surface area contributed by atoms with E-state index in [1.165, 1.54) is 12.4 Å². The Balaban J connectivity index is 2.19. The van der Waals surface area contributed by atoms with Gasteiger partial charge in [0.15, 0.2) is 5.82 Å². The number of rotatable bonds is 2. The molecule has 0 radical (unpaired) electrons. The summed E-state index contributed by atoms with van der Waals surface area (Å²) in [5.41, 5.74) is 7.67. The Hall–Kier alpha value is -1.95. The van der Waals surface area contributed by atoms with Gasteiger partial charge in [-0.1, -0.05) is 6.07 Å². The summed E-state index contributed by atoms with van der Waals surface area (Å²) in [4.78, 5) is 19.9. The summed E-state index contributed by atoms with van der Waals surface area (Å²) in [6.07, 6.45) is 2.97. The monoisotopic (exact) mass is 306 g/mol. The molecule has 0 fully saturated rings. The topological polar surface area (TPSA) is 80.9 Å². The minimum atomic E-state index is -0.302. The first-order valence-electron chi connectivity index (χ1n) is 5.21. The van der Waals surface area contributed by atoms with Gasteiger partial charge in [-0.25, -0.2) is 9.97 Å². The number of nitrogens with zero attached hydrogens (tertiary/aromatic N) is 2. The van der Waals surface area contributed by atoms with Crippen LogP contribution in [0.15, 0.2) is 35.2 Å². The van der Waals surface area contributed by atoms with Crippen molar-refractivity contribution in [1.29, 1.82) is 0 Å². The maximum atomic E-state index is 12.0. The van der Waals surface area contributed by atoms with Crippen LogP contribution in [-0.4, -0.2) is 15.9 Å². The number of nitrogens with one attached hydrogen (secondary N) is 1. The Kier molecular flexibility index (Phi) is 3.57. The van der Waals surface area contributed by atoms with Crippen LogP contribution in [0.3, 0.4) is 0 Å². The van der Waals surface area contributed by atoms with Gasteiger partial charge in [0.05, 0.1) is 18.0 Å². The van der Waals surface area contributed by atoms with Gasteiger partial charge in [-0.2, -0.15) is 0 Å². The highest BCUT2D eigenvalue weighted by atomic mass is 79.9. The third-order valence-corrected chi connectivity index (χ3v) is 2.72. The molecule has 18 heavy (non-hydrogen) atoms. The number of hydrogen-bond donors (Lipinski definition) is 2. The molecule has 0 saturated heterocycles. The number of aryl methyl sites for hydroxylation is 1. The normalized spacial score (nSPS) is 10.1. The first-order valence-corrected chi connectivity index (χ1v) is 6.00. The van der Waals surface area contributed by atoms with Gasteiger partial charge in [-0.05, 0) is 40.5 Å². The molecule has 0 spiro atoms. The molecule has 0 aliphatic rings. The Morgan fingerprint density at radius 3 is 2.72 bits per heavy atom. The maximum Gasteiger partial charge on any atom is 0.258 e. The van der Waals surface area contributed by atoms with Crippen LogP contribution in [0.1, 0.15) is 15.9 Å². The van der Waals surface area contributed by atoms with Crippen molar-refractivity contribution in [2.45, 2.75) is 6.92 Å². The van der Waals surface area contributed by atoms with Crippen LogP contribution < -0.4 is 11.1 Å². The fraction of sp³-hybridized carbons (Fsp3) is 0.0833. The van der Waals surface area contributed by atoms with Crippen LogP contribution >= 0.6 is 15.9 Å². The summed E-state index contributed by atoms with van der Waals surface area (Å²) >= 11 is 3.17. The zero-order chi connectivity index (χ0) is 13.1. The summed E-state index contributed by atoms with van der Waals surface area (Å²) in [5.74, 6) is 0.0762. The molecule has 1 heterocycles. The van der Waals surface area contributed by atoms with Crippen LogP contribution in [0.25, 0.3) is 0 Å². The predicted molar refractivity (Wildman–Crippen MR) is 73.3 cm³/mol. The maximum absolute atomic E-state index is 12.0. The molecule has 0 unspecified atom stereocenters. The van der Waals surface area contributed by atoms with E-state index in [0.29, 0.717) is 21.7 Å². The summed E-state index contributed by atoms with van der Waals surface area (Å²) in [5, 5.41) is 2.63. The molecule has 0 atom stereocenters. The van der Waals surface area contributed by atoms with E-state index in [4.69, 9.17) is 5.73 Å². The van der Waals surface area contributed by atoms with E-state index in [1.54, 1.807) is 12.1 Å². The van der Waals surface area contributed by atoms with E-state index in [0.717, 1.165) is 5.56 Å². The minimum Gasteiger partial charge on any atom is -0.398 e. The van der Waals surface area contributed by atoms with Crippen LogP contribution in [-0.2, 0) is 0 Å².